The number of nitro groups is 1. The Hall–Kier alpha value is -1.82. The molecule has 6 nitrogen and oxygen atoms in total. The van der Waals surface area contributed by atoms with E-state index in [1.165, 1.54) is 13.2 Å². The molecule has 0 spiro atoms. The molecule has 0 bridgehead atoms. The highest BCUT2D eigenvalue weighted by atomic mass is 16.6. The summed E-state index contributed by atoms with van der Waals surface area (Å²) in [5, 5.41) is 20.7. The third-order valence-corrected chi connectivity index (χ3v) is 3.64. The molecular formula is C13H18N2O4. The van der Waals surface area contributed by atoms with E-state index in [-0.39, 0.29) is 23.5 Å². The number of β-amino-alcohol motifs (C(OH)–C–C–N with tert-alkyl or cyclic N) is 1. The van der Waals surface area contributed by atoms with Crippen LogP contribution in [0.1, 0.15) is 13.3 Å². The van der Waals surface area contributed by atoms with Crippen LogP contribution in [0.15, 0.2) is 18.2 Å². The minimum Gasteiger partial charge on any atom is -0.490 e. The van der Waals surface area contributed by atoms with Gasteiger partial charge >= 0.3 is 5.69 Å². The molecule has 1 N–H and O–H groups in total. The van der Waals surface area contributed by atoms with E-state index in [9.17, 15) is 15.2 Å². The zero-order valence-electron chi connectivity index (χ0n) is 11.1. The van der Waals surface area contributed by atoms with Gasteiger partial charge in [-0.3, -0.25) is 10.1 Å². The summed E-state index contributed by atoms with van der Waals surface area (Å²) in [6.45, 7) is 3.40. The number of anilines is 1. The quantitative estimate of drug-likeness (QED) is 0.667. The maximum atomic E-state index is 10.8. The maximum absolute atomic E-state index is 10.8. The van der Waals surface area contributed by atoms with E-state index in [2.05, 4.69) is 0 Å². The minimum absolute atomic E-state index is 0.0443. The Kier molecular flexibility index (Phi) is 3.90. The minimum atomic E-state index is -0.463. The van der Waals surface area contributed by atoms with Crippen molar-refractivity contribution in [1.29, 1.82) is 0 Å². The van der Waals surface area contributed by atoms with Gasteiger partial charge in [0, 0.05) is 30.9 Å². The van der Waals surface area contributed by atoms with Crippen LogP contribution in [-0.2, 0) is 0 Å². The van der Waals surface area contributed by atoms with Crippen LogP contribution in [0, 0.1) is 16.0 Å². The molecule has 1 heterocycles. The topological polar surface area (TPSA) is 75.8 Å². The third-order valence-electron chi connectivity index (χ3n) is 3.64. The molecule has 1 aliphatic rings. The number of piperidine rings is 1. The molecule has 0 saturated carbocycles. The fourth-order valence-electron chi connectivity index (χ4n) is 2.30. The number of hydrogen-bond acceptors (Lipinski definition) is 5. The number of aliphatic hydroxyl groups excluding tert-OH is 1. The van der Waals surface area contributed by atoms with Crippen molar-refractivity contribution in [2.24, 2.45) is 5.92 Å². The molecule has 1 aromatic rings. The smallest absolute Gasteiger partial charge is 0.311 e. The summed E-state index contributed by atoms with van der Waals surface area (Å²) in [6.07, 6.45) is 0.537. The highest BCUT2D eigenvalue weighted by molar-refractivity contribution is 5.59. The van der Waals surface area contributed by atoms with Crippen LogP contribution in [0.2, 0.25) is 0 Å². The highest BCUT2D eigenvalue weighted by Crippen LogP contribution is 2.33. The van der Waals surface area contributed by atoms with Crippen molar-refractivity contribution >= 4 is 11.4 Å². The summed E-state index contributed by atoms with van der Waals surface area (Å²) >= 11 is 0. The van der Waals surface area contributed by atoms with Gasteiger partial charge in [-0.1, -0.05) is 6.92 Å². The van der Waals surface area contributed by atoms with Gasteiger partial charge in [0.25, 0.3) is 0 Å². The predicted octanol–water partition coefficient (Wildman–Crippen LogP) is 1.81. The van der Waals surface area contributed by atoms with E-state index in [1.807, 2.05) is 11.8 Å². The lowest BCUT2D eigenvalue weighted by molar-refractivity contribution is -0.385. The van der Waals surface area contributed by atoms with Crippen molar-refractivity contribution in [2.75, 3.05) is 25.1 Å². The summed E-state index contributed by atoms with van der Waals surface area (Å²) in [4.78, 5) is 12.4. The lowest BCUT2D eigenvalue weighted by Crippen LogP contribution is -2.42. The van der Waals surface area contributed by atoms with E-state index in [0.717, 1.165) is 18.7 Å². The molecule has 104 valence electrons. The van der Waals surface area contributed by atoms with Crippen LogP contribution < -0.4 is 9.64 Å². The molecule has 0 amide bonds. The zero-order chi connectivity index (χ0) is 14.0. The van der Waals surface area contributed by atoms with E-state index < -0.39 is 4.92 Å². The number of nitrogens with zero attached hydrogens (tertiary/aromatic N) is 2. The summed E-state index contributed by atoms with van der Waals surface area (Å²) < 4.78 is 5.06. The zero-order valence-corrected chi connectivity index (χ0v) is 11.1. The molecular weight excluding hydrogens is 248 g/mol. The third kappa shape index (κ3) is 2.78. The Morgan fingerprint density at radius 2 is 2.26 bits per heavy atom. The lowest BCUT2D eigenvalue weighted by Gasteiger charge is -2.35. The molecule has 19 heavy (non-hydrogen) atoms. The second-order valence-electron chi connectivity index (χ2n) is 4.89. The number of benzene rings is 1. The molecule has 2 atom stereocenters. The molecule has 6 heteroatoms. The van der Waals surface area contributed by atoms with E-state index in [1.54, 1.807) is 12.1 Å². The van der Waals surface area contributed by atoms with Gasteiger partial charge in [-0.15, -0.1) is 0 Å². The summed E-state index contributed by atoms with van der Waals surface area (Å²) in [5.74, 6) is 0.534. The van der Waals surface area contributed by atoms with E-state index in [4.69, 9.17) is 4.74 Å². The van der Waals surface area contributed by atoms with Crippen molar-refractivity contribution in [3.8, 4) is 5.75 Å². The van der Waals surface area contributed by atoms with Crippen LogP contribution in [0.5, 0.6) is 5.75 Å². The standard InChI is InChI=1S/C13H18N2O4/c1-9-5-6-14(8-12(9)16)10-3-4-11(15(17)18)13(7-10)19-2/h3-4,7,9,12,16H,5-6,8H2,1-2H3. The van der Waals surface area contributed by atoms with E-state index in [0.29, 0.717) is 6.54 Å². The number of aliphatic hydroxyl groups is 1. The predicted molar refractivity (Wildman–Crippen MR) is 71.6 cm³/mol. The molecule has 1 aliphatic heterocycles. The second-order valence-corrected chi connectivity index (χ2v) is 4.89. The van der Waals surface area contributed by atoms with Crippen molar-refractivity contribution in [3.05, 3.63) is 28.3 Å². The second kappa shape index (κ2) is 5.44. The number of ether oxygens (including phenoxy) is 1. The normalized spacial score (nSPS) is 23.2. The van der Waals surface area contributed by atoms with Crippen molar-refractivity contribution < 1.29 is 14.8 Å². The monoisotopic (exact) mass is 266 g/mol. The fourth-order valence-corrected chi connectivity index (χ4v) is 2.30. The first-order valence-electron chi connectivity index (χ1n) is 6.28. The molecule has 1 saturated heterocycles. The van der Waals surface area contributed by atoms with Gasteiger partial charge < -0.3 is 14.7 Å². The lowest BCUT2D eigenvalue weighted by atomic mass is 9.95. The number of hydrogen-bond donors (Lipinski definition) is 1. The van der Waals surface area contributed by atoms with Gasteiger partial charge in [0.05, 0.1) is 18.1 Å². The Labute approximate surface area is 111 Å². The fraction of sp³-hybridized carbons (Fsp3) is 0.538. The van der Waals surface area contributed by atoms with Crippen LogP contribution in [0.3, 0.4) is 0 Å². The summed E-state index contributed by atoms with van der Waals surface area (Å²) in [6, 6.07) is 4.79. The molecule has 2 rings (SSSR count). The highest BCUT2D eigenvalue weighted by Gasteiger charge is 2.25. The number of methoxy groups -OCH3 is 1. The van der Waals surface area contributed by atoms with Gasteiger partial charge in [0.2, 0.25) is 0 Å². The number of nitro benzene ring substituents is 1. The van der Waals surface area contributed by atoms with Gasteiger partial charge in [-0.2, -0.15) is 0 Å². The SMILES string of the molecule is COc1cc(N2CCC(C)C(O)C2)ccc1[N+](=O)[O-]. The Morgan fingerprint density at radius 3 is 2.84 bits per heavy atom. The first kappa shape index (κ1) is 13.6. The largest absolute Gasteiger partial charge is 0.490 e. The molecule has 1 fully saturated rings. The Morgan fingerprint density at radius 1 is 1.53 bits per heavy atom. The maximum Gasteiger partial charge on any atom is 0.311 e. The van der Waals surface area contributed by atoms with Gasteiger partial charge in [-0.25, -0.2) is 0 Å². The molecule has 0 aliphatic carbocycles. The molecule has 0 aromatic heterocycles. The van der Waals surface area contributed by atoms with Crippen LogP contribution in [-0.4, -0.2) is 36.3 Å². The van der Waals surface area contributed by atoms with Crippen LogP contribution in [0.25, 0.3) is 0 Å². The number of rotatable bonds is 3. The average Bonchev–Trinajstić information content (AvgIpc) is 2.41. The molecule has 1 aromatic carbocycles. The summed E-state index contributed by atoms with van der Waals surface area (Å²) in [7, 11) is 1.42. The van der Waals surface area contributed by atoms with Crippen LogP contribution in [0.4, 0.5) is 11.4 Å². The van der Waals surface area contributed by atoms with Crippen molar-refractivity contribution in [2.45, 2.75) is 19.4 Å². The summed E-state index contributed by atoms with van der Waals surface area (Å²) in [5.41, 5.74) is 0.797. The first-order chi connectivity index (χ1) is 9.02. The van der Waals surface area contributed by atoms with Gasteiger partial charge in [0.15, 0.2) is 5.75 Å². The first-order valence-corrected chi connectivity index (χ1v) is 6.28. The van der Waals surface area contributed by atoms with Crippen LogP contribution >= 0.6 is 0 Å². The molecule has 2 unspecified atom stereocenters. The van der Waals surface area contributed by atoms with E-state index >= 15 is 0 Å². The van der Waals surface area contributed by atoms with Crippen molar-refractivity contribution in [3.63, 3.8) is 0 Å². The van der Waals surface area contributed by atoms with Crippen molar-refractivity contribution in [1.82, 2.24) is 0 Å². The van der Waals surface area contributed by atoms with Gasteiger partial charge in [-0.05, 0) is 18.4 Å². The molecule has 0 radical (unpaired) electrons. The Bertz CT molecular complexity index is 478. The Balaban J connectivity index is 2.24. The van der Waals surface area contributed by atoms with Gasteiger partial charge in [0.1, 0.15) is 0 Å². The average molecular weight is 266 g/mol.